The highest BCUT2D eigenvalue weighted by molar-refractivity contribution is 6.11. The van der Waals surface area contributed by atoms with Gasteiger partial charge in [0.25, 0.3) is 11.8 Å². The second-order valence-corrected chi connectivity index (χ2v) is 7.95. The number of rotatable bonds is 3. The molecule has 0 saturated carbocycles. The average molecular weight is 352 g/mol. The SMILES string of the molecule is Cc1cc(C)cc(C(=O)N(NC(C)(C)C)C(=O)c2c(C)cccc2C)c1. The van der Waals surface area contributed by atoms with Crippen LogP contribution < -0.4 is 5.43 Å². The molecular formula is C22H28N2O2. The Hall–Kier alpha value is -2.46. The minimum atomic E-state index is -0.444. The maximum Gasteiger partial charge on any atom is 0.275 e. The Morgan fingerprint density at radius 1 is 0.846 bits per heavy atom. The maximum absolute atomic E-state index is 13.3. The van der Waals surface area contributed by atoms with Crippen LogP contribution in [0.1, 0.15) is 63.7 Å². The average Bonchev–Trinajstić information content (AvgIpc) is 2.49. The smallest absolute Gasteiger partial charge is 0.267 e. The van der Waals surface area contributed by atoms with Crippen LogP contribution in [0.5, 0.6) is 0 Å². The Morgan fingerprint density at radius 3 is 1.81 bits per heavy atom. The van der Waals surface area contributed by atoms with Crippen molar-refractivity contribution in [3.63, 3.8) is 0 Å². The van der Waals surface area contributed by atoms with Crippen LogP contribution in [0, 0.1) is 27.7 Å². The Bertz CT molecular complexity index is 807. The minimum Gasteiger partial charge on any atom is -0.267 e. The summed E-state index contributed by atoms with van der Waals surface area (Å²) in [4.78, 5) is 26.5. The molecule has 1 N–H and O–H groups in total. The molecule has 0 bridgehead atoms. The van der Waals surface area contributed by atoms with Gasteiger partial charge in [-0.1, -0.05) is 35.4 Å². The van der Waals surface area contributed by atoms with Crippen molar-refractivity contribution < 1.29 is 9.59 Å². The zero-order valence-corrected chi connectivity index (χ0v) is 16.7. The highest BCUT2D eigenvalue weighted by Crippen LogP contribution is 2.19. The Balaban J connectivity index is 2.53. The van der Waals surface area contributed by atoms with Crippen molar-refractivity contribution in [2.75, 3.05) is 0 Å². The number of nitrogens with zero attached hydrogens (tertiary/aromatic N) is 1. The molecule has 4 nitrogen and oxygen atoms in total. The predicted octanol–water partition coefficient (Wildman–Crippen LogP) is 4.51. The van der Waals surface area contributed by atoms with Gasteiger partial charge in [-0.3, -0.25) is 9.59 Å². The molecule has 0 atom stereocenters. The molecule has 0 radical (unpaired) electrons. The monoisotopic (exact) mass is 352 g/mol. The van der Waals surface area contributed by atoms with Gasteiger partial charge >= 0.3 is 0 Å². The lowest BCUT2D eigenvalue weighted by atomic mass is 10.0. The summed E-state index contributed by atoms with van der Waals surface area (Å²) in [5, 5.41) is 1.16. The number of carbonyl (C=O) groups is 2. The first-order valence-corrected chi connectivity index (χ1v) is 8.81. The van der Waals surface area contributed by atoms with Gasteiger partial charge in [0.2, 0.25) is 0 Å². The number of benzene rings is 2. The van der Waals surface area contributed by atoms with E-state index in [-0.39, 0.29) is 11.8 Å². The third-order valence-electron chi connectivity index (χ3n) is 4.02. The molecule has 0 fully saturated rings. The molecule has 0 saturated heterocycles. The van der Waals surface area contributed by atoms with Gasteiger partial charge in [-0.2, -0.15) is 0 Å². The van der Waals surface area contributed by atoms with Crippen LogP contribution >= 0.6 is 0 Å². The van der Waals surface area contributed by atoms with Crippen LogP contribution in [0.25, 0.3) is 0 Å². The van der Waals surface area contributed by atoms with Crippen LogP contribution in [0.3, 0.4) is 0 Å². The van der Waals surface area contributed by atoms with Gasteiger partial charge in [-0.05, 0) is 71.7 Å². The van der Waals surface area contributed by atoms with Crippen LogP contribution in [0.2, 0.25) is 0 Å². The van der Waals surface area contributed by atoms with Crippen molar-refractivity contribution in [3.05, 3.63) is 69.8 Å². The minimum absolute atomic E-state index is 0.334. The van der Waals surface area contributed by atoms with E-state index in [1.54, 1.807) is 0 Å². The summed E-state index contributed by atoms with van der Waals surface area (Å²) in [6, 6.07) is 11.3. The van der Waals surface area contributed by atoms with Gasteiger partial charge in [0, 0.05) is 16.7 Å². The first-order chi connectivity index (χ1) is 12.0. The number of hydrogen-bond acceptors (Lipinski definition) is 3. The second kappa shape index (κ2) is 7.42. The zero-order chi connectivity index (χ0) is 19.6. The molecule has 0 aliphatic heterocycles. The van der Waals surface area contributed by atoms with Crippen molar-refractivity contribution in [3.8, 4) is 0 Å². The van der Waals surface area contributed by atoms with Gasteiger partial charge in [-0.25, -0.2) is 10.4 Å². The molecule has 138 valence electrons. The van der Waals surface area contributed by atoms with Crippen LogP contribution in [-0.4, -0.2) is 22.4 Å². The molecule has 0 heterocycles. The first-order valence-electron chi connectivity index (χ1n) is 8.81. The Kier molecular flexibility index (Phi) is 5.67. The van der Waals surface area contributed by atoms with E-state index in [0.717, 1.165) is 27.3 Å². The van der Waals surface area contributed by atoms with Gasteiger partial charge in [0.1, 0.15) is 0 Å². The summed E-state index contributed by atoms with van der Waals surface area (Å²) in [6.07, 6.45) is 0. The molecule has 2 amide bonds. The van der Waals surface area contributed by atoms with E-state index in [9.17, 15) is 9.59 Å². The van der Waals surface area contributed by atoms with E-state index in [4.69, 9.17) is 0 Å². The summed E-state index contributed by atoms with van der Waals surface area (Å²) >= 11 is 0. The number of hydrogen-bond donors (Lipinski definition) is 1. The molecule has 2 aromatic rings. The molecule has 26 heavy (non-hydrogen) atoms. The van der Waals surface area contributed by atoms with Crippen molar-refractivity contribution in [2.45, 2.75) is 54.0 Å². The summed E-state index contributed by atoms with van der Waals surface area (Å²) < 4.78 is 0. The zero-order valence-electron chi connectivity index (χ0n) is 16.7. The quantitative estimate of drug-likeness (QED) is 0.653. The first kappa shape index (κ1) is 19.9. The van der Waals surface area contributed by atoms with Crippen LogP contribution in [0.15, 0.2) is 36.4 Å². The molecule has 4 heteroatoms. The standard InChI is InChI=1S/C22H28N2O2/c1-14-11-15(2)13-18(12-14)20(25)24(23-22(5,6)7)21(26)19-16(3)9-8-10-17(19)4/h8-13,23H,1-7H3. The normalized spacial score (nSPS) is 11.3. The fraction of sp³-hybridized carbons (Fsp3) is 0.364. The molecule has 2 rings (SSSR count). The van der Waals surface area contributed by atoms with Crippen LogP contribution in [-0.2, 0) is 0 Å². The Labute approximate surface area is 156 Å². The van der Waals surface area contributed by atoms with E-state index < -0.39 is 5.54 Å². The van der Waals surface area contributed by atoms with Crippen molar-refractivity contribution in [1.82, 2.24) is 10.4 Å². The topological polar surface area (TPSA) is 49.4 Å². The second-order valence-electron chi connectivity index (χ2n) is 7.95. The van der Waals surface area contributed by atoms with E-state index in [1.165, 1.54) is 0 Å². The summed E-state index contributed by atoms with van der Waals surface area (Å²) in [6.45, 7) is 13.4. The fourth-order valence-corrected chi connectivity index (χ4v) is 3.02. The predicted molar refractivity (Wildman–Crippen MR) is 105 cm³/mol. The third kappa shape index (κ3) is 4.58. The summed E-state index contributed by atoms with van der Waals surface area (Å²) in [7, 11) is 0. The molecular weight excluding hydrogens is 324 g/mol. The number of nitrogens with one attached hydrogen (secondary N) is 1. The van der Waals surface area contributed by atoms with Crippen molar-refractivity contribution >= 4 is 11.8 Å². The molecule has 2 aromatic carbocycles. The van der Waals surface area contributed by atoms with E-state index in [1.807, 2.05) is 84.9 Å². The lowest BCUT2D eigenvalue weighted by molar-refractivity contribution is 0.0451. The third-order valence-corrected chi connectivity index (χ3v) is 4.02. The van der Waals surface area contributed by atoms with Gasteiger partial charge in [0.05, 0.1) is 0 Å². The molecule has 0 aliphatic rings. The largest absolute Gasteiger partial charge is 0.275 e. The lowest BCUT2D eigenvalue weighted by Gasteiger charge is -2.31. The fourth-order valence-electron chi connectivity index (χ4n) is 3.02. The molecule has 0 aromatic heterocycles. The van der Waals surface area contributed by atoms with Gasteiger partial charge < -0.3 is 0 Å². The lowest BCUT2D eigenvalue weighted by Crippen LogP contribution is -2.55. The molecule has 0 spiro atoms. The van der Waals surface area contributed by atoms with E-state index in [0.29, 0.717) is 11.1 Å². The van der Waals surface area contributed by atoms with Gasteiger partial charge in [-0.15, -0.1) is 0 Å². The highest BCUT2D eigenvalue weighted by Gasteiger charge is 2.30. The Morgan fingerprint density at radius 2 is 1.35 bits per heavy atom. The van der Waals surface area contributed by atoms with Gasteiger partial charge in [0.15, 0.2) is 0 Å². The number of hydrazine groups is 1. The summed E-state index contributed by atoms with van der Waals surface area (Å²) in [5.74, 6) is -0.681. The van der Waals surface area contributed by atoms with Crippen LogP contribution in [0.4, 0.5) is 0 Å². The van der Waals surface area contributed by atoms with E-state index >= 15 is 0 Å². The molecule has 0 unspecified atom stereocenters. The number of amides is 2. The highest BCUT2D eigenvalue weighted by atomic mass is 16.2. The number of aryl methyl sites for hydroxylation is 4. The number of carbonyl (C=O) groups excluding carboxylic acids is 2. The van der Waals surface area contributed by atoms with Crippen molar-refractivity contribution in [1.29, 1.82) is 0 Å². The molecule has 0 aliphatic carbocycles. The van der Waals surface area contributed by atoms with E-state index in [2.05, 4.69) is 5.43 Å². The number of imide groups is 1. The maximum atomic E-state index is 13.3. The summed E-state index contributed by atoms with van der Waals surface area (Å²) in [5.41, 5.74) is 7.37. The van der Waals surface area contributed by atoms with Crippen molar-refractivity contribution in [2.24, 2.45) is 0 Å².